The van der Waals surface area contributed by atoms with Crippen LogP contribution in [-0.2, 0) is 6.42 Å². The highest BCUT2D eigenvalue weighted by Crippen LogP contribution is 2.17. The molecule has 0 spiro atoms. The molecule has 0 radical (unpaired) electrons. The van der Waals surface area contributed by atoms with Crippen molar-refractivity contribution in [3.63, 3.8) is 0 Å². The number of pyridine rings is 1. The Balaban J connectivity index is 2.10. The third-order valence-electron chi connectivity index (χ3n) is 3.58. The van der Waals surface area contributed by atoms with E-state index in [2.05, 4.69) is 29.2 Å². The molecule has 4 nitrogen and oxygen atoms in total. The summed E-state index contributed by atoms with van der Waals surface area (Å²) < 4.78 is 14.9. The molecule has 0 saturated heterocycles. The molecule has 2 atom stereocenters. The Morgan fingerprint density at radius 2 is 2.15 bits per heavy atom. The summed E-state index contributed by atoms with van der Waals surface area (Å²) in [6.45, 7) is 4.29. The van der Waals surface area contributed by atoms with Gasteiger partial charge >= 0.3 is 0 Å². The van der Waals surface area contributed by atoms with Crippen LogP contribution in [0.15, 0.2) is 30.6 Å². The maximum atomic E-state index is 12.9. The second kappa shape index (κ2) is 6.61. The van der Waals surface area contributed by atoms with E-state index in [-0.39, 0.29) is 11.9 Å². The molecular weight excluding hydrogens is 255 g/mol. The minimum Gasteiger partial charge on any atom is -0.311 e. The highest BCUT2D eigenvalue weighted by molar-refractivity contribution is 5.13. The molecule has 0 aliphatic heterocycles. The van der Waals surface area contributed by atoms with Gasteiger partial charge in [-0.2, -0.15) is 5.10 Å². The first kappa shape index (κ1) is 14.7. The van der Waals surface area contributed by atoms with Gasteiger partial charge in [0.1, 0.15) is 5.82 Å². The number of hydrogen-bond acceptors (Lipinski definition) is 3. The fraction of sp³-hybridized carbons (Fsp3) is 0.467. The summed E-state index contributed by atoms with van der Waals surface area (Å²) in [6, 6.07) is 5.61. The van der Waals surface area contributed by atoms with Crippen molar-refractivity contribution in [1.29, 1.82) is 0 Å². The van der Waals surface area contributed by atoms with Gasteiger partial charge in [0.2, 0.25) is 0 Å². The standard InChI is InChI=1S/C15H21FN4/c1-4-11(2)20-8-7-13(19-20)9-15(17-3)14-6-5-12(16)10-18-14/h5-8,10-11,15,17H,4,9H2,1-3H3. The number of nitrogens with zero attached hydrogens (tertiary/aromatic N) is 3. The van der Waals surface area contributed by atoms with Crippen LogP contribution in [0.25, 0.3) is 0 Å². The van der Waals surface area contributed by atoms with Crippen molar-refractivity contribution in [2.45, 2.75) is 38.8 Å². The first-order valence-electron chi connectivity index (χ1n) is 6.96. The van der Waals surface area contributed by atoms with Gasteiger partial charge in [-0.15, -0.1) is 0 Å². The minimum absolute atomic E-state index is 0.0379. The summed E-state index contributed by atoms with van der Waals surface area (Å²) in [5.41, 5.74) is 1.84. The summed E-state index contributed by atoms with van der Waals surface area (Å²) in [6.07, 6.45) is 5.04. The van der Waals surface area contributed by atoms with Crippen LogP contribution in [0.4, 0.5) is 4.39 Å². The van der Waals surface area contributed by atoms with Gasteiger partial charge in [0, 0.05) is 18.7 Å². The van der Waals surface area contributed by atoms with Gasteiger partial charge in [-0.25, -0.2) is 4.39 Å². The number of aromatic nitrogens is 3. The van der Waals surface area contributed by atoms with Crippen molar-refractivity contribution >= 4 is 0 Å². The van der Waals surface area contributed by atoms with Crippen molar-refractivity contribution in [3.05, 3.63) is 47.8 Å². The molecule has 0 bridgehead atoms. The Hall–Kier alpha value is -1.75. The van der Waals surface area contributed by atoms with Crippen molar-refractivity contribution in [2.24, 2.45) is 0 Å². The van der Waals surface area contributed by atoms with E-state index in [9.17, 15) is 4.39 Å². The zero-order chi connectivity index (χ0) is 14.5. The van der Waals surface area contributed by atoms with Gasteiger partial charge in [-0.3, -0.25) is 9.67 Å². The van der Waals surface area contributed by atoms with Gasteiger partial charge in [-0.1, -0.05) is 6.92 Å². The number of hydrogen-bond donors (Lipinski definition) is 1. The Kier molecular flexibility index (Phi) is 4.84. The quantitative estimate of drug-likeness (QED) is 0.882. The molecule has 2 heterocycles. The first-order valence-corrected chi connectivity index (χ1v) is 6.96. The van der Waals surface area contributed by atoms with Crippen molar-refractivity contribution < 1.29 is 4.39 Å². The van der Waals surface area contributed by atoms with E-state index in [1.165, 1.54) is 12.3 Å². The number of halogens is 1. The van der Waals surface area contributed by atoms with Gasteiger partial charge in [0.25, 0.3) is 0 Å². The molecule has 2 aromatic rings. The van der Waals surface area contributed by atoms with Crippen molar-refractivity contribution in [1.82, 2.24) is 20.1 Å². The zero-order valence-electron chi connectivity index (χ0n) is 12.2. The van der Waals surface area contributed by atoms with E-state index in [1.54, 1.807) is 6.07 Å². The summed E-state index contributed by atoms with van der Waals surface area (Å²) in [5.74, 6) is -0.315. The van der Waals surface area contributed by atoms with Crippen LogP contribution in [0.5, 0.6) is 0 Å². The second-order valence-electron chi connectivity index (χ2n) is 4.99. The molecule has 0 aliphatic carbocycles. The Bertz CT molecular complexity index is 535. The average Bonchev–Trinajstić information content (AvgIpc) is 2.93. The molecule has 0 aliphatic rings. The molecule has 108 valence electrons. The summed E-state index contributed by atoms with van der Waals surface area (Å²) in [7, 11) is 1.88. The second-order valence-corrected chi connectivity index (χ2v) is 4.99. The van der Waals surface area contributed by atoms with Gasteiger partial charge in [0.05, 0.1) is 23.6 Å². The zero-order valence-corrected chi connectivity index (χ0v) is 12.2. The summed E-state index contributed by atoms with van der Waals surface area (Å²) in [4.78, 5) is 4.13. The fourth-order valence-corrected chi connectivity index (χ4v) is 2.08. The molecule has 0 saturated carbocycles. The fourth-order valence-electron chi connectivity index (χ4n) is 2.08. The minimum atomic E-state index is -0.315. The van der Waals surface area contributed by atoms with Crippen molar-refractivity contribution in [3.8, 4) is 0 Å². The maximum Gasteiger partial charge on any atom is 0.141 e. The number of likely N-dealkylation sites (N-methyl/N-ethyl adjacent to an activating group) is 1. The van der Waals surface area contributed by atoms with Crippen LogP contribution in [0.3, 0.4) is 0 Å². The molecule has 0 fully saturated rings. The normalized spacial score (nSPS) is 14.2. The molecular formula is C15H21FN4. The predicted molar refractivity (Wildman–Crippen MR) is 76.9 cm³/mol. The average molecular weight is 276 g/mol. The van der Waals surface area contributed by atoms with E-state index >= 15 is 0 Å². The number of nitrogens with one attached hydrogen (secondary N) is 1. The lowest BCUT2D eigenvalue weighted by Gasteiger charge is -2.14. The first-order chi connectivity index (χ1) is 9.63. The van der Waals surface area contributed by atoms with Crippen LogP contribution < -0.4 is 5.32 Å². The van der Waals surface area contributed by atoms with Crippen molar-refractivity contribution in [2.75, 3.05) is 7.05 Å². The summed E-state index contributed by atoms with van der Waals surface area (Å²) in [5, 5.41) is 7.79. The molecule has 0 amide bonds. The van der Waals surface area contributed by atoms with E-state index in [0.717, 1.165) is 24.2 Å². The van der Waals surface area contributed by atoms with E-state index in [1.807, 2.05) is 24.0 Å². The van der Waals surface area contributed by atoms with Crippen LogP contribution >= 0.6 is 0 Å². The third-order valence-corrected chi connectivity index (χ3v) is 3.58. The van der Waals surface area contributed by atoms with Gasteiger partial charge < -0.3 is 5.32 Å². The van der Waals surface area contributed by atoms with Crippen LogP contribution in [0.1, 0.15) is 43.7 Å². The topological polar surface area (TPSA) is 42.7 Å². The third kappa shape index (κ3) is 3.42. The molecule has 2 aromatic heterocycles. The monoisotopic (exact) mass is 276 g/mol. The van der Waals surface area contributed by atoms with Crippen LogP contribution in [-0.4, -0.2) is 21.8 Å². The predicted octanol–water partition coefficient (Wildman–Crippen LogP) is 2.89. The van der Waals surface area contributed by atoms with E-state index in [4.69, 9.17) is 0 Å². The molecule has 0 aromatic carbocycles. The van der Waals surface area contributed by atoms with Crippen LogP contribution in [0, 0.1) is 5.82 Å². The molecule has 20 heavy (non-hydrogen) atoms. The Labute approximate surface area is 119 Å². The molecule has 2 rings (SSSR count). The highest BCUT2D eigenvalue weighted by atomic mass is 19.1. The van der Waals surface area contributed by atoms with E-state index < -0.39 is 0 Å². The maximum absolute atomic E-state index is 12.9. The number of rotatable bonds is 6. The lowest BCUT2D eigenvalue weighted by Crippen LogP contribution is -2.20. The lowest BCUT2D eigenvalue weighted by atomic mass is 10.1. The SMILES string of the molecule is CCC(C)n1ccc(CC(NC)c2ccc(F)cn2)n1. The van der Waals surface area contributed by atoms with E-state index in [0.29, 0.717) is 6.04 Å². The largest absolute Gasteiger partial charge is 0.311 e. The Morgan fingerprint density at radius 3 is 2.75 bits per heavy atom. The lowest BCUT2D eigenvalue weighted by molar-refractivity contribution is 0.468. The molecule has 1 N–H and O–H groups in total. The molecule has 5 heteroatoms. The molecule has 2 unspecified atom stereocenters. The van der Waals surface area contributed by atoms with Crippen LogP contribution in [0.2, 0.25) is 0 Å². The Morgan fingerprint density at radius 1 is 1.35 bits per heavy atom. The summed E-state index contributed by atoms with van der Waals surface area (Å²) >= 11 is 0. The smallest absolute Gasteiger partial charge is 0.141 e. The van der Waals surface area contributed by atoms with Gasteiger partial charge in [-0.05, 0) is 38.6 Å². The highest BCUT2D eigenvalue weighted by Gasteiger charge is 2.14. The van der Waals surface area contributed by atoms with Gasteiger partial charge in [0.15, 0.2) is 0 Å².